The monoisotopic (exact) mass is 304 g/mol. The van der Waals surface area contributed by atoms with Gasteiger partial charge in [-0.2, -0.15) is 10.2 Å². The Balaban J connectivity index is 2.05. The van der Waals surface area contributed by atoms with E-state index in [1.165, 1.54) is 0 Å². The molecule has 0 saturated carbocycles. The zero-order valence-electron chi connectivity index (χ0n) is 13.2. The van der Waals surface area contributed by atoms with Crippen molar-refractivity contribution in [1.82, 2.24) is 29.5 Å². The van der Waals surface area contributed by atoms with Crippen molar-refractivity contribution >= 4 is 11.0 Å². The van der Waals surface area contributed by atoms with Crippen molar-refractivity contribution < 1.29 is 0 Å². The van der Waals surface area contributed by atoms with Gasteiger partial charge in [-0.25, -0.2) is 4.98 Å². The summed E-state index contributed by atoms with van der Waals surface area (Å²) in [5.74, 6) is 0. The molecule has 114 valence electrons. The fourth-order valence-electron chi connectivity index (χ4n) is 2.79. The summed E-state index contributed by atoms with van der Waals surface area (Å²) in [5.41, 5.74) is 5.81. The number of nitrogens with zero attached hydrogens (tertiary/aromatic N) is 6. The second-order valence-electron chi connectivity index (χ2n) is 5.61. The van der Waals surface area contributed by atoms with Gasteiger partial charge in [-0.3, -0.25) is 14.3 Å². The summed E-state index contributed by atoms with van der Waals surface area (Å²) in [6.45, 7) is 2.06. The first-order chi connectivity index (χ1) is 11.1. The molecule has 0 fully saturated rings. The lowest BCUT2D eigenvalue weighted by atomic mass is 10.0. The zero-order valence-corrected chi connectivity index (χ0v) is 13.2. The van der Waals surface area contributed by atoms with Gasteiger partial charge in [0.15, 0.2) is 5.65 Å². The van der Waals surface area contributed by atoms with Gasteiger partial charge in [-0.1, -0.05) is 6.07 Å². The molecule has 4 aromatic rings. The van der Waals surface area contributed by atoms with Crippen LogP contribution in [-0.4, -0.2) is 29.5 Å². The van der Waals surface area contributed by atoms with Crippen LogP contribution < -0.4 is 0 Å². The Bertz CT molecular complexity index is 997. The van der Waals surface area contributed by atoms with Gasteiger partial charge in [0.25, 0.3) is 0 Å². The van der Waals surface area contributed by atoms with E-state index >= 15 is 0 Å². The third-order valence-corrected chi connectivity index (χ3v) is 4.07. The van der Waals surface area contributed by atoms with Gasteiger partial charge in [0.05, 0.1) is 11.9 Å². The molecule has 0 bridgehead atoms. The van der Waals surface area contributed by atoms with Crippen molar-refractivity contribution in [2.45, 2.75) is 6.92 Å². The minimum Gasteiger partial charge on any atom is -0.275 e. The minimum absolute atomic E-state index is 0.741. The fourth-order valence-corrected chi connectivity index (χ4v) is 2.79. The molecule has 4 rings (SSSR count). The lowest BCUT2D eigenvalue weighted by molar-refractivity contribution is 0.748. The average Bonchev–Trinajstić information content (AvgIpc) is 3.12. The molecule has 0 saturated heterocycles. The third kappa shape index (κ3) is 2.19. The summed E-state index contributed by atoms with van der Waals surface area (Å²) in [4.78, 5) is 8.97. The van der Waals surface area contributed by atoms with Crippen molar-refractivity contribution in [3.8, 4) is 22.4 Å². The molecule has 0 atom stereocenters. The molecule has 6 nitrogen and oxygen atoms in total. The Kier molecular flexibility index (Phi) is 2.97. The summed E-state index contributed by atoms with van der Waals surface area (Å²) in [6, 6.07) is 6.09. The van der Waals surface area contributed by atoms with Gasteiger partial charge >= 0.3 is 0 Å². The van der Waals surface area contributed by atoms with E-state index in [2.05, 4.69) is 34.2 Å². The van der Waals surface area contributed by atoms with Crippen LogP contribution in [-0.2, 0) is 14.1 Å². The van der Waals surface area contributed by atoms with Crippen molar-refractivity contribution in [3.63, 3.8) is 0 Å². The standard InChI is InChI=1S/C17H16N6/c1-11-16-14(12-5-4-6-18-8-12)7-15(13-9-19-22(2)10-13)20-17(16)21-23(11)3/h4-10H,1-3H3. The molecular weight excluding hydrogens is 288 g/mol. The van der Waals surface area contributed by atoms with Gasteiger partial charge in [0.2, 0.25) is 0 Å². The van der Waals surface area contributed by atoms with Crippen molar-refractivity contribution in [1.29, 1.82) is 0 Å². The maximum Gasteiger partial charge on any atom is 0.182 e. The number of aryl methyl sites for hydroxylation is 3. The van der Waals surface area contributed by atoms with E-state index in [0.29, 0.717) is 0 Å². The first-order valence-electron chi connectivity index (χ1n) is 7.37. The zero-order chi connectivity index (χ0) is 16.0. The van der Waals surface area contributed by atoms with Crippen LogP contribution in [0.4, 0.5) is 0 Å². The van der Waals surface area contributed by atoms with E-state index in [-0.39, 0.29) is 0 Å². The second kappa shape index (κ2) is 5.01. The van der Waals surface area contributed by atoms with E-state index in [1.54, 1.807) is 10.9 Å². The first-order valence-corrected chi connectivity index (χ1v) is 7.37. The van der Waals surface area contributed by atoms with E-state index in [9.17, 15) is 0 Å². The Hall–Kier alpha value is -3.02. The van der Waals surface area contributed by atoms with Crippen LogP contribution in [0.3, 0.4) is 0 Å². The van der Waals surface area contributed by atoms with Crippen molar-refractivity contribution in [3.05, 3.63) is 48.7 Å². The summed E-state index contributed by atoms with van der Waals surface area (Å²) < 4.78 is 3.64. The number of fused-ring (bicyclic) bond motifs is 1. The number of rotatable bonds is 2. The van der Waals surface area contributed by atoms with Crippen LogP contribution in [0.2, 0.25) is 0 Å². The largest absolute Gasteiger partial charge is 0.275 e. The molecule has 0 amide bonds. The van der Waals surface area contributed by atoms with Crippen molar-refractivity contribution in [2.75, 3.05) is 0 Å². The highest BCUT2D eigenvalue weighted by molar-refractivity contribution is 5.96. The van der Waals surface area contributed by atoms with Gasteiger partial charge in [0.1, 0.15) is 0 Å². The molecule has 0 aliphatic heterocycles. The third-order valence-electron chi connectivity index (χ3n) is 4.07. The van der Waals surface area contributed by atoms with E-state index in [1.807, 2.05) is 43.4 Å². The molecule has 0 aliphatic carbocycles. The van der Waals surface area contributed by atoms with Gasteiger partial charge < -0.3 is 0 Å². The lowest BCUT2D eigenvalue weighted by Crippen LogP contribution is -1.91. The summed E-state index contributed by atoms with van der Waals surface area (Å²) >= 11 is 0. The molecule has 4 heterocycles. The maximum atomic E-state index is 4.72. The van der Waals surface area contributed by atoms with Crippen LogP contribution in [0.25, 0.3) is 33.4 Å². The molecule has 0 unspecified atom stereocenters. The molecule has 23 heavy (non-hydrogen) atoms. The van der Waals surface area contributed by atoms with Crippen LogP contribution in [0, 0.1) is 6.92 Å². The SMILES string of the molecule is Cc1c2c(-c3cccnc3)cc(-c3cnn(C)c3)nc2nn1C. The second-order valence-corrected chi connectivity index (χ2v) is 5.61. The smallest absolute Gasteiger partial charge is 0.182 e. The highest BCUT2D eigenvalue weighted by Gasteiger charge is 2.16. The predicted octanol–water partition coefficient (Wildman–Crippen LogP) is 2.74. The average molecular weight is 304 g/mol. The number of hydrogen-bond acceptors (Lipinski definition) is 4. The van der Waals surface area contributed by atoms with Crippen LogP contribution in [0.1, 0.15) is 5.69 Å². The number of aromatic nitrogens is 6. The molecular formula is C17H16N6. The molecule has 0 aliphatic rings. The Morgan fingerprint density at radius 1 is 1.09 bits per heavy atom. The van der Waals surface area contributed by atoms with Crippen molar-refractivity contribution in [2.24, 2.45) is 14.1 Å². The fraction of sp³-hybridized carbons (Fsp3) is 0.176. The minimum atomic E-state index is 0.741. The molecule has 0 N–H and O–H groups in total. The summed E-state index contributed by atoms with van der Waals surface area (Å²) in [5, 5.41) is 9.85. The summed E-state index contributed by atoms with van der Waals surface area (Å²) in [7, 11) is 3.84. The maximum absolute atomic E-state index is 4.72. The topological polar surface area (TPSA) is 61.4 Å². The quantitative estimate of drug-likeness (QED) is 0.571. The van der Waals surface area contributed by atoms with Gasteiger partial charge in [0, 0.05) is 54.9 Å². The Labute approximate surface area is 133 Å². The molecule has 0 spiro atoms. The molecule has 0 aromatic carbocycles. The van der Waals surface area contributed by atoms with Gasteiger partial charge in [-0.05, 0) is 24.6 Å². The Morgan fingerprint density at radius 3 is 2.65 bits per heavy atom. The molecule has 6 heteroatoms. The van der Waals surface area contributed by atoms with E-state index < -0.39 is 0 Å². The predicted molar refractivity (Wildman–Crippen MR) is 88.7 cm³/mol. The highest BCUT2D eigenvalue weighted by Crippen LogP contribution is 2.32. The molecule has 4 aromatic heterocycles. The molecule has 0 radical (unpaired) electrons. The first kappa shape index (κ1) is 13.6. The van der Waals surface area contributed by atoms with E-state index in [0.717, 1.165) is 39.1 Å². The van der Waals surface area contributed by atoms with Crippen LogP contribution in [0.15, 0.2) is 43.0 Å². The number of hydrogen-bond donors (Lipinski definition) is 0. The highest BCUT2D eigenvalue weighted by atomic mass is 15.3. The summed E-state index contributed by atoms with van der Waals surface area (Å²) in [6.07, 6.45) is 7.42. The lowest BCUT2D eigenvalue weighted by Gasteiger charge is -2.06. The Morgan fingerprint density at radius 2 is 1.96 bits per heavy atom. The van der Waals surface area contributed by atoms with Gasteiger partial charge in [-0.15, -0.1) is 0 Å². The normalized spacial score (nSPS) is 11.3. The van der Waals surface area contributed by atoms with E-state index in [4.69, 9.17) is 4.98 Å². The van der Waals surface area contributed by atoms with Crippen LogP contribution in [0.5, 0.6) is 0 Å². The van der Waals surface area contributed by atoms with Crippen LogP contribution >= 0.6 is 0 Å². The number of pyridine rings is 2.